The summed E-state index contributed by atoms with van der Waals surface area (Å²) in [7, 11) is 1.67. The van der Waals surface area contributed by atoms with Crippen LogP contribution in [0.15, 0.2) is 0 Å². The van der Waals surface area contributed by atoms with Gasteiger partial charge in [0.2, 0.25) is 0 Å². The summed E-state index contributed by atoms with van der Waals surface area (Å²) in [5, 5.41) is 8.94. The van der Waals surface area contributed by atoms with Crippen LogP contribution in [-0.4, -0.2) is 35.7 Å². The van der Waals surface area contributed by atoms with Crippen molar-refractivity contribution in [2.24, 2.45) is 11.7 Å². The van der Waals surface area contributed by atoms with Gasteiger partial charge in [-0.2, -0.15) is 0 Å². The Labute approximate surface area is 66.0 Å². The largest absolute Gasteiger partial charge is 0.393 e. The first kappa shape index (κ1) is 8.33. The second-order valence-corrected chi connectivity index (χ2v) is 3.21. The summed E-state index contributed by atoms with van der Waals surface area (Å²) >= 11 is 0. The summed E-state index contributed by atoms with van der Waals surface area (Å²) in [6.45, 7) is 0.673. The van der Waals surface area contributed by atoms with Crippen molar-refractivity contribution < 1.29 is 9.90 Å². The van der Waals surface area contributed by atoms with Crippen LogP contribution in [0.3, 0.4) is 0 Å². The van der Waals surface area contributed by atoms with Gasteiger partial charge in [0.25, 0.3) is 0 Å². The van der Waals surface area contributed by atoms with Crippen molar-refractivity contribution in [1.29, 1.82) is 0 Å². The summed E-state index contributed by atoms with van der Waals surface area (Å²) in [6.07, 6.45) is 1.45. The third kappa shape index (κ3) is 2.08. The summed E-state index contributed by atoms with van der Waals surface area (Å²) in [5.41, 5.74) is 5.02. The van der Waals surface area contributed by atoms with E-state index in [9.17, 15) is 4.79 Å². The van der Waals surface area contributed by atoms with Crippen LogP contribution in [0.1, 0.15) is 12.8 Å². The quantitative estimate of drug-likeness (QED) is 0.583. The zero-order valence-electron chi connectivity index (χ0n) is 6.66. The molecule has 0 aromatic carbocycles. The van der Waals surface area contributed by atoms with E-state index in [0.717, 1.165) is 12.8 Å². The van der Waals surface area contributed by atoms with E-state index in [0.29, 0.717) is 12.5 Å². The molecule has 0 unspecified atom stereocenters. The van der Waals surface area contributed by atoms with Gasteiger partial charge in [-0.25, -0.2) is 4.79 Å². The summed E-state index contributed by atoms with van der Waals surface area (Å²) in [6, 6.07) is -0.397. The fraction of sp³-hybridized carbons (Fsp3) is 0.857. The molecule has 0 bridgehead atoms. The average molecular weight is 158 g/mol. The van der Waals surface area contributed by atoms with Crippen LogP contribution in [0.5, 0.6) is 0 Å². The highest BCUT2D eigenvalue weighted by Gasteiger charge is 2.28. The normalized spacial score (nSPS) is 29.3. The van der Waals surface area contributed by atoms with Crippen LogP contribution in [0.4, 0.5) is 4.79 Å². The van der Waals surface area contributed by atoms with E-state index < -0.39 is 6.03 Å². The number of hydrogen-bond acceptors (Lipinski definition) is 2. The highest BCUT2D eigenvalue weighted by molar-refractivity contribution is 5.71. The van der Waals surface area contributed by atoms with Crippen LogP contribution in [-0.2, 0) is 0 Å². The fourth-order valence-corrected chi connectivity index (χ4v) is 1.33. The Morgan fingerprint density at radius 2 is 2.27 bits per heavy atom. The lowest BCUT2D eigenvalue weighted by Crippen LogP contribution is -2.41. The average Bonchev–Trinajstić information content (AvgIpc) is 1.84. The summed E-state index contributed by atoms with van der Waals surface area (Å²) in [4.78, 5) is 12.0. The zero-order valence-corrected chi connectivity index (χ0v) is 6.66. The molecule has 1 aliphatic carbocycles. The lowest BCUT2D eigenvalue weighted by atomic mass is 9.82. The summed E-state index contributed by atoms with van der Waals surface area (Å²) in [5.74, 6) is 0.447. The van der Waals surface area contributed by atoms with Gasteiger partial charge >= 0.3 is 6.03 Å². The Bertz CT molecular complexity index is 155. The van der Waals surface area contributed by atoms with Gasteiger partial charge in [-0.3, -0.25) is 0 Å². The lowest BCUT2D eigenvalue weighted by Gasteiger charge is -2.33. The fourth-order valence-electron chi connectivity index (χ4n) is 1.33. The third-order valence-electron chi connectivity index (χ3n) is 2.12. The molecule has 0 atom stereocenters. The van der Waals surface area contributed by atoms with Crippen molar-refractivity contribution in [1.82, 2.24) is 4.90 Å². The van der Waals surface area contributed by atoms with E-state index in [-0.39, 0.29) is 6.10 Å². The highest BCUT2D eigenvalue weighted by atomic mass is 16.3. The maximum Gasteiger partial charge on any atom is 0.314 e. The molecule has 0 aromatic rings. The second kappa shape index (κ2) is 3.09. The first-order valence-electron chi connectivity index (χ1n) is 3.78. The van der Waals surface area contributed by atoms with Crippen molar-refractivity contribution in [3.63, 3.8) is 0 Å². The molecule has 0 saturated heterocycles. The first-order chi connectivity index (χ1) is 5.09. The Balaban J connectivity index is 2.16. The van der Waals surface area contributed by atoms with Crippen molar-refractivity contribution in [3.8, 4) is 0 Å². The van der Waals surface area contributed by atoms with Crippen LogP contribution < -0.4 is 5.73 Å². The molecular formula is C7H14N2O2. The number of amides is 2. The predicted octanol–water partition coefficient (Wildman–Crippen LogP) is -0.232. The first-order valence-corrected chi connectivity index (χ1v) is 3.78. The molecular weight excluding hydrogens is 144 g/mol. The van der Waals surface area contributed by atoms with Crippen LogP contribution in [0.25, 0.3) is 0 Å². The van der Waals surface area contributed by atoms with Gasteiger partial charge in [-0.05, 0) is 18.8 Å². The minimum atomic E-state index is -0.397. The molecule has 2 amide bonds. The number of hydrogen-bond donors (Lipinski definition) is 2. The number of rotatable bonds is 2. The molecule has 4 nitrogen and oxygen atoms in total. The van der Waals surface area contributed by atoms with Gasteiger partial charge in [-0.1, -0.05) is 0 Å². The number of carbonyl (C=O) groups excluding carboxylic acids is 1. The topological polar surface area (TPSA) is 66.6 Å². The Hall–Kier alpha value is -0.770. The Morgan fingerprint density at radius 3 is 2.64 bits per heavy atom. The van der Waals surface area contributed by atoms with Crippen LogP contribution in [0.2, 0.25) is 0 Å². The molecule has 1 fully saturated rings. The van der Waals surface area contributed by atoms with Gasteiger partial charge in [0.15, 0.2) is 0 Å². The number of carbonyl (C=O) groups is 1. The third-order valence-corrected chi connectivity index (χ3v) is 2.12. The van der Waals surface area contributed by atoms with Crippen molar-refractivity contribution >= 4 is 6.03 Å². The van der Waals surface area contributed by atoms with Crippen molar-refractivity contribution in [3.05, 3.63) is 0 Å². The van der Waals surface area contributed by atoms with E-state index in [4.69, 9.17) is 10.8 Å². The Morgan fingerprint density at radius 1 is 1.73 bits per heavy atom. The number of primary amides is 1. The van der Waals surface area contributed by atoms with E-state index in [1.807, 2.05) is 0 Å². The lowest BCUT2D eigenvalue weighted by molar-refractivity contribution is 0.0330. The molecule has 1 saturated carbocycles. The molecule has 3 N–H and O–H groups in total. The molecule has 0 spiro atoms. The SMILES string of the molecule is CN(CC1CC(O)C1)C(N)=O. The molecule has 4 heteroatoms. The van der Waals surface area contributed by atoms with E-state index in [1.165, 1.54) is 4.90 Å². The molecule has 64 valence electrons. The van der Waals surface area contributed by atoms with Gasteiger partial charge in [0, 0.05) is 13.6 Å². The van der Waals surface area contributed by atoms with Crippen molar-refractivity contribution in [2.45, 2.75) is 18.9 Å². The number of nitrogens with zero attached hydrogens (tertiary/aromatic N) is 1. The molecule has 1 aliphatic rings. The number of nitrogens with two attached hydrogens (primary N) is 1. The van der Waals surface area contributed by atoms with E-state index >= 15 is 0 Å². The molecule has 1 rings (SSSR count). The van der Waals surface area contributed by atoms with Gasteiger partial charge < -0.3 is 15.7 Å². The van der Waals surface area contributed by atoms with Gasteiger partial charge in [0.1, 0.15) is 0 Å². The predicted molar refractivity (Wildman–Crippen MR) is 40.9 cm³/mol. The van der Waals surface area contributed by atoms with Crippen LogP contribution in [0, 0.1) is 5.92 Å². The molecule has 0 aromatic heterocycles. The second-order valence-electron chi connectivity index (χ2n) is 3.21. The summed E-state index contributed by atoms with van der Waals surface area (Å²) < 4.78 is 0. The molecule has 11 heavy (non-hydrogen) atoms. The maximum atomic E-state index is 10.5. The molecule has 0 aliphatic heterocycles. The van der Waals surface area contributed by atoms with Gasteiger partial charge in [0.05, 0.1) is 6.10 Å². The van der Waals surface area contributed by atoms with Crippen molar-refractivity contribution in [2.75, 3.05) is 13.6 Å². The number of aliphatic hydroxyl groups excluding tert-OH is 1. The number of aliphatic hydroxyl groups is 1. The standard InChI is InChI=1S/C7H14N2O2/c1-9(7(8)11)4-5-2-6(10)3-5/h5-6,10H,2-4H2,1H3,(H2,8,11). The smallest absolute Gasteiger partial charge is 0.314 e. The highest BCUT2D eigenvalue weighted by Crippen LogP contribution is 2.27. The van der Waals surface area contributed by atoms with E-state index in [2.05, 4.69) is 0 Å². The van der Waals surface area contributed by atoms with Crippen LogP contribution >= 0.6 is 0 Å². The molecule has 0 radical (unpaired) electrons. The monoisotopic (exact) mass is 158 g/mol. The molecule has 0 heterocycles. The van der Waals surface area contributed by atoms with E-state index in [1.54, 1.807) is 7.05 Å². The Kier molecular flexibility index (Phi) is 2.34. The van der Waals surface area contributed by atoms with Gasteiger partial charge in [-0.15, -0.1) is 0 Å². The minimum absolute atomic E-state index is 0.152. The zero-order chi connectivity index (χ0) is 8.43. The number of urea groups is 1. The maximum absolute atomic E-state index is 10.5. The minimum Gasteiger partial charge on any atom is -0.393 e.